The highest BCUT2D eigenvalue weighted by molar-refractivity contribution is 7.19. The average molecular weight is 538 g/mol. The number of benzene rings is 2. The average Bonchev–Trinajstić information content (AvgIpc) is 3.37. The Hall–Kier alpha value is -3.11. The predicted molar refractivity (Wildman–Crippen MR) is 133 cm³/mol. The maximum atomic E-state index is 15.3. The summed E-state index contributed by atoms with van der Waals surface area (Å²) in [5, 5.41) is 10.1. The van der Waals surface area contributed by atoms with Crippen molar-refractivity contribution in [1.29, 1.82) is 0 Å². The highest BCUT2D eigenvalue weighted by atomic mass is 32.1. The van der Waals surface area contributed by atoms with Crippen LogP contribution in [0.1, 0.15) is 25.8 Å². The Labute approximate surface area is 209 Å². The number of alkyl halides is 6. The minimum atomic E-state index is -5.63. The van der Waals surface area contributed by atoms with Crippen LogP contribution in [0.15, 0.2) is 59.6 Å². The van der Waals surface area contributed by atoms with Crippen LogP contribution < -0.4 is 0 Å². The van der Waals surface area contributed by atoms with Crippen LogP contribution >= 0.6 is 22.7 Å². The molecule has 5 rings (SSSR count). The summed E-state index contributed by atoms with van der Waals surface area (Å²) < 4.78 is 91.3. The molecular formula is C26H17F6NOS2. The van der Waals surface area contributed by atoms with Crippen LogP contribution in [0.4, 0.5) is 32.0 Å². The summed E-state index contributed by atoms with van der Waals surface area (Å²) >= 11 is 2.03. The molecule has 186 valence electrons. The number of fused-ring (bicyclic) bond motifs is 1. The lowest BCUT2D eigenvalue weighted by atomic mass is 9.93. The zero-order valence-electron chi connectivity index (χ0n) is 18.8. The topological polar surface area (TPSA) is 32.6 Å². The molecule has 0 amide bonds. The number of aromatic hydroxyl groups is 1. The fourth-order valence-corrected chi connectivity index (χ4v) is 6.39. The van der Waals surface area contributed by atoms with E-state index >= 15 is 17.6 Å². The molecule has 0 unspecified atom stereocenters. The third kappa shape index (κ3) is 3.42. The van der Waals surface area contributed by atoms with Crippen molar-refractivity contribution in [3.63, 3.8) is 0 Å². The Morgan fingerprint density at radius 1 is 0.806 bits per heavy atom. The van der Waals surface area contributed by atoms with E-state index in [9.17, 15) is 13.9 Å². The van der Waals surface area contributed by atoms with Gasteiger partial charge >= 0.3 is 17.8 Å². The Kier molecular flexibility index (Phi) is 5.60. The van der Waals surface area contributed by atoms with E-state index in [-0.39, 0.29) is 42.6 Å². The van der Waals surface area contributed by atoms with Crippen LogP contribution in [-0.2, 0) is 0 Å². The Morgan fingerprint density at radius 3 is 2.17 bits per heavy atom. The lowest BCUT2D eigenvalue weighted by Crippen LogP contribution is -2.48. The van der Waals surface area contributed by atoms with Gasteiger partial charge in [0.1, 0.15) is 11.4 Å². The van der Waals surface area contributed by atoms with E-state index in [4.69, 9.17) is 0 Å². The Morgan fingerprint density at radius 2 is 1.44 bits per heavy atom. The number of nitrogens with zero attached hydrogens (tertiary/aromatic N) is 1. The number of para-hydroxylation sites is 2. The number of rotatable bonds is 4. The molecule has 0 radical (unpaired) electrons. The van der Waals surface area contributed by atoms with Gasteiger partial charge in [-0.2, -0.15) is 26.3 Å². The van der Waals surface area contributed by atoms with Crippen LogP contribution in [0.5, 0.6) is 5.75 Å². The molecular weight excluding hydrogens is 520 g/mol. The standard InChI is InChI=1S/C26H17F6NOS2/c1-13-17(11-15(35-13)12-33-18-8-4-5-9-19(18)34)22-23(25(29,30)26(31,32)24(22,27)28)21-14(2)36-20-10-6-3-7-16(20)21/h3-12,34H,1-2H3. The molecule has 1 N–H and O–H groups in total. The fourth-order valence-electron chi connectivity index (χ4n) is 4.41. The third-order valence-electron chi connectivity index (χ3n) is 6.11. The first kappa shape index (κ1) is 24.6. The van der Waals surface area contributed by atoms with Crippen LogP contribution in [0.2, 0.25) is 0 Å². The Balaban J connectivity index is 1.76. The van der Waals surface area contributed by atoms with Crippen LogP contribution in [-0.4, -0.2) is 29.1 Å². The number of phenols is 1. The first-order valence-corrected chi connectivity index (χ1v) is 12.3. The van der Waals surface area contributed by atoms with E-state index in [1.165, 1.54) is 38.3 Å². The number of hydrogen-bond donors (Lipinski definition) is 1. The number of aliphatic imine (C=N–C) groups is 1. The van der Waals surface area contributed by atoms with E-state index in [2.05, 4.69) is 4.99 Å². The van der Waals surface area contributed by atoms with Crippen molar-refractivity contribution >= 4 is 55.8 Å². The van der Waals surface area contributed by atoms with Crippen molar-refractivity contribution < 1.29 is 31.4 Å². The first-order valence-electron chi connectivity index (χ1n) is 10.7. The second kappa shape index (κ2) is 8.21. The Bertz CT molecular complexity index is 1560. The van der Waals surface area contributed by atoms with Crippen molar-refractivity contribution in [2.75, 3.05) is 0 Å². The fraction of sp³-hybridized carbons (Fsp3) is 0.192. The van der Waals surface area contributed by atoms with E-state index in [0.717, 1.165) is 28.7 Å². The van der Waals surface area contributed by atoms with Crippen LogP contribution in [0.25, 0.3) is 21.2 Å². The van der Waals surface area contributed by atoms with Crippen LogP contribution in [0, 0.1) is 13.8 Å². The molecule has 0 fully saturated rings. The van der Waals surface area contributed by atoms with Gasteiger partial charge in [-0.15, -0.1) is 22.7 Å². The molecule has 36 heavy (non-hydrogen) atoms. The highest BCUT2D eigenvalue weighted by Crippen LogP contribution is 2.66. The van der Waals surface area contributed by atoms with Gasteiger partial charge in [-0.3, -0.25) is 4.99 Å². The lowest BCUT2D eigenvalue weighted by molar-refractivity contribution is -0.254. The molecule has 1 aliphatic rings. The van der Waals surface area contributed by atoms with Crippen molar-refractivity contribution in [3.8, 4) is 5.75 Å². The summed E-state index contributed by atoms with van der Waals surface area (Å²) in [5.41, 5.74) is -3.19. The molecule has 0 spiro atoms. The minimum Gasteiger partial charge on any atom is -0.506 e. The smallest absolute Gasteiger partial charge is 0.380 e. The first-order chi connectivity index (χ1) is 16.9. The zero-order chi connectivity index (χ0) is 26.0. The molecule has 0 aliphatic heterocycles. The van der Waals surface area contributed by atoms with Gasteiger partial charge < -0.3 is 5.11 Å². The van der Waals surface area contributed by atoms with Gasteiger partial charge in [0, 0.05) is 47.6 Å². The van der Waals surface area contributed by atoms with E-state index < -0.39 is 28.9 Å². The third-order valence-corrected chi connectivity index (χ3v) is 8.18. The van der Waals surface area contributed by atoms with E-state index in [1.54, 1.807) is 30.3 Å². The van der Waals surface area contributed by atoms with Crippen molar-refractivity contribution in [2.24, 2.45) is 4.99 Å². The summed E-state index contributed by atoms with van der Waals surface area (Å²) in [4.78, 5) is 4.79. The van der Waals surface area contributed by atoms with Crippen molar-refractivity contribution in [1.82, 2.24) is 0 Å². The maximum Gasteiger partial charge on any atom is 0.380 e. The van der Waals surface area contributed by atoms with Crippen molar-refractivity contribution in [2.45, 2.75) is 31.6 Å². The van der Waals surface area contributed by atoms with Gasteiger partial charge in [0.25, 0.3) is 0 Å². The summed E-state index contributed by atoms with van der Waals surface area (Å²) in [6.07, 6.45) is 1.27. The normalized spacial score (nSPS) is 18.6. The minimum absolute atomic E-state index is 0.117. The number of halogens is 6. The highest BCUT2D eigenvalue weighted by Gasteiger charge is 2.80. The van der Waals surface area contributed by atoms with E-state index in [1.807, 2.05) is 0 Å². The van der Waals surface area contributed by atoms with Gasteiger partial charge in [0.2, 0.25) is 0 Å². The molecule has 0 bridgehead atoms. The summed E-state index contributed by atoms with van der Waals surface area (Å²) in [6.45, 7) is 2.87. The summed E-state index contributed by atoms with van der Waals surface area (Å²) in [7, 11) is 0. The molecule has 0 atom stereocenters. The molecule has 10 heteroatoms. The van der Waals surface area contributed by atoms with Crippen LogP contribution in [0.3, 0.4) is 0 Å². The van der Waals surface area contributed by atoms with Crippen molar-refractivity contribution in [3.05, 3.63) is 80.4 Å². The predicted octanol–water partition coefficient (Wildman–Crippen LogP) is 8.87. The quantitative estimate of drug-likeness (QED) is 0.205. The lowest BCUT2D eigenvalue weighted by Gasteiger charge is -2.25. The largest absolute Gasteiger partial charge is 0.506 e. The summed E-state index contributed by atoms with van der Waals surface area (Å²) in [6, 6.07) is 13.6. The molecule has 2 aromatic heterocycles. The number of allylic oxidation sites excluding steroid dienone is 2. The number of aryl methyl sites for hydroxylation is 2. The zero-order valence-corrected chi connectivity index (χ0v) is 20.4. The van der Waals surface area contributed by atoms with E-state index in [0.29, 0.717) is 4.70 Å². The van der Waals surface area contributed by atoms with Gasteiger partial charge in [0.05, 0.1) is 0 Å². The number of hydrogen-bond acceptors (Lipinski definition) is 4. The molecule has 0 saturated carbocycles. The summed E-state index contributed by atoms with van der Waals surface area (Å²) in [5.74, 6) is -16.0. The SMILES string of the molecule is Cc1sc(C=Nc2ccccc2O)cc1C1=C(c2c(C)sc3ccccc23)C(F)(F)C(F)(F)C1(F)F. The molecule has 1 aliphatic carbocycles. The molecule has 2 aromatic carbocycles. The molecule has 0 saturated heterocycles. The van der Waals surface area contributed by atoms with Gasteiger partial charge in [-0.05, 0) is 43.7 Å². The monoisotopic (exact) mass is 537 g/mol. The second-order valence-electron chi connectivity index (χ2n) is 8.37. The molecule has 2 heterocycles. The molecule has 4 aromatic rings. The maximum absolute atomic E-state index is 15.3. The molecule has 2 nitrogen and oxygen atoms in total. The number of phenolic OH excluding ortho intramolecular Hbond substituents is 1. The van der Waals surface area contributed by atoms with Gasteiger partial charge in [0.15, 0.2) is 0 Å². The van der Waals surface area contributed by atoms with Gasteiger partial charge in [-0.25, -0.2) is 0 Å². The second-order valence-corrected chi connectivity index (χ2v) is 10.9. The van der Waals surface area contributed by atoms with Gasteiger partial charge in [-0.1, -0.05) is 30.3 Å². The number of thiophene rings is 2.